The van der Waals surface area contributed by atoms with Gasteiger partial charge in [-0.15, -0.1) is 0 Å². The molecule has 0 spiro atoms. The highest BCUT2D eigenvalue weighted by molar-refractivity contribution is 9.10. The van der Waals surface area contributed by atoms with E-state index in [1.807, 2.05) is 13.0 Å². The number of aromatic carboxylic acids is 1. The zero-order chi connectivity index (χ0) is 11.7. The summed E-state index contributed by atoms with van der Waals surface area (Å²) in [5.41, 5.74) is 0.838. The van der Waals surface area contributed by atoms with E-state index in [-0.39, 0.29) is 5.69 Å². The van der Waals surface area contributed by atoms with E-state index in [1.165, 1.54) is 12.5 Å². The Morgan fingerprint density at radius 2 is 2.25 bits per heavy atom. The number of aryl methyl sites for hydroxylation is 1. The molecular formula is C10H8BrN3O2. The van der Waals surface area contributed by atoms with Gasteiger partial charge in [0.2, 0.25) is 0 Å². The highest BCUT2D eigenvalue weighted by atomic mass is 79.9. The summed E-state index contributed by atoms with van der Waals surface area (Å²) < 4.78 is 2.48. The number of hydrogen-bond donors (Lipinski definition) is 1. The van der Waals surface area contributed by atoms with Gasteiger partial charge >= 0.3 is 5.97 Å². The average molecular weight is 282 g/mol. The molecule has 2 heterocycles. The predicted molar refractivity (Wildman–Crippen MR) is 60.8 cm³/mol. The second-order valence-corrected chi connectivity index (χ2v) is 4.06. The average Bonchev–Trinajstić information content (AvgIpc) is 2.71. The first-order chi connectivity index (χ1) is 7.58. The number of imidazole rings is 1. The summed E-state index contributed by atoms with van der Waals surface area (Å²) in [6, 6.07) is 3.64. The molecule has 1 N–H and O–H groups in total. The molecule has 2 aromatic heterocycles. The largest absolute Gasteiger partial charge is 0.476 e. The van der Waals surface area contributed by atoms with Crippen molar-refractivity contribution in [2.24, 2.45) is 0 Å². The molecule has 0 fully saturated rings. The maximum atomic E-state index is 10.7. The summed E-state index contributed by atoms with van der Waals surface area (Å²) in [6.07, 6.45) is 2.86. The lowest BCUT2D eigenvalue weighted by molar-refractivity contribution is 0.0691. The van der Waals surface area contributed by atoms with Gasteiger partial charge in [0.15, 0.2) is 5.69 Å². The number of nitrogens with zero attached hydrogens (tertiary/aromatic N) is 3. The normalized spacial score (nSPS) is 10.4. The fraction of sp³-hybridized carbons (Fsp3) is 0.100. The topological polar surface area (TPSA) is 68.0 Å². The maximum absolute atomic E-state index is 10.7. The van der Waals surface area contributed by atoms with Gasteiger partial charge in [0.05, 0.1) is 5.69 Å². The van der Waals surface area contributed by atoms with E-state index in [0.717, 1.165) is 10.2 Å². The Hall–Kier alpha value is -1.69. The molecule has 0 radical (unpaired) electrons. The Morgan fingerprint density at radius 1 is 1.50 bits per heavy atom. The summed E-state index contributed by atoms with van der Waals surface area (Å²) in [7, 11) is 0. The minimum Gasteiger partial charge on any atom is -0.476 e. The fourth-order valence-electron chi connectivity index (χ4n) is 1.23. The molecule has 0 aliphatic heterocycles. The van der Waals surface area contributed by atoms with Crippen molar-refractivity contribution in [1.29, 1.82) is 0 Å². The van der Waals surface area contributed by atoms with Crippen LogP contribution in [0.15, 0.2) is 29.1 Å². The lowest BCUT2D eigenvalue weighted by Gasteiger charge is -2.03. The lowest BCUT2D eigenvalue weighted by Crippen LogP contribution is -1.98. The molecule has 0 saturated heterocycles. The van der Waals surface area contributed by atoms with E-state index in [2.05, 4.69) is 25.9 Å². The molecule has 82 valence electrons. The van der Waals surface area contributed by atoms with E-state index in [1.54, 1.807) is 10.6 Å². The summed E-state index contributed by atoms with van der Waals surface area (Å²) in [4.78, 5) is 18.7. The molecule has 2 rings (SSSR count). The maximum Gasteiger partial charge on any atom is 0.356 e. The standard InChI is InChI=1S/C10H8BrN3O2/c1-6-7(11)2-3-9(13-6)14-4-8(10(15)16)12-5-14/h2-5H,1H3,(H,15,16). The van der Waals surface area contributed by atoms with Crippen LogP contribution in [0, 0.1) is 6.92 Å². The third-order valence-electron chi connectivity index (χ3n) is 2.07. The number of carboxylic acids is 1. The van der Waals surface area contributed by atoms with Crippen LogP contribution in [0.3, 0.4) is 0 Å². The molecule has 0 aliphatic carbocycles. The van der Waals surface area contributed by atoms with Crippen molar-refractivity contribution in [2.45, 2.75) is 6.92 Å². The van der Waals surface area contributed by atoms with E-state index in [9.17, 15) is 4.79 Å². The van der Waals surface area contributed by atoms with E-state index < -0.39 is 5.97 Å². The van der Waals surface area contributed by atoms with Gasteiger partial charge < -0.3 is 5.11 Å². The Morgan fingerprint density at radius 3 is 2.81 bits per heavy atom. The molecule has 16 heavy (non-hydrogen) atoms. The number of hydrogen-bond acceptors (Lipinski definition) is 3. The van der Waals surface area contributed by atoms with Crippen LogP contribution in [0.2, 0.25) is 0 Å². The van der Waals surface area contributed by atoms with Gasteiger partial charge in [-0.2, -0.15) is 0 Å². The van der Waals surface area contributed by atoms with Gasteiger partial charge in [0, 0.05) is 10.7 Å². The molecule has 0 aliphatic rings. The Balaban J connectivity index is 2.42. The van der Waals surface area contributed by atoms with E-state index in [4.69, 9.17) is 5.11 Å². The van der Waals surface area contributed by atoms with Crippen molar-refractivity contribution >= 4 is 21.9 Å². The summed E-state index contributed by atoms with van der Waals surface area (Å²) in [5, 5.41) is 8.74. The first-order valence-electron chi connectivity index (χ1n) is 4.49. The van der Waals surface area contributed by atoms with Crippen LogP contribution in [-0.4, -0.2) is 25.6 Å². The number of halogens is 1. The highest BCUT2D eigenvalue weighted by Gasteiger charge is 2.08. The third-order valence-corrected chi connectivity index (χ3v) is 2.91. The second kappa shape index (κ2) is 4.05. The minimum absolute atomic E-state index is 0.00220. The van der Waals surface area contributed by atoms with Crippen LogP contribution in [0.25, 0.3) is 5.82 Å². The van der Waals surface area contributed by atoms with Gasteiger partial charge in [0.25, 0.3) is 0 Å². The second-order valence-electron chi connectivity index (χ2n) is 3.21. The molecule has 0 unspecified atom stereocenters. The molecule has 0 atom stereocenters. The van der Waals surface area contributed by atoms with Crippen LogP contribution in [-0.2, 0) is 0 Å². The predicted octanol–water partition coefficient (Wildman–Crippen LogP) is 2.04. The summed E-state index contributed by atoms with van der Waals surface area (Å²) >= 11 is 3.35. The number of carbonyl (C=O) groups is 1. The minimum atomic E-state index is -1.05. The van der Waals surface area contributed by atoms with Crippen molar-refractivity contribution in [1.82, 2.24) is 14.5 Å². The quantitative estimate of drug-likeness (QED) is 0.915. The fourth-order valence-corrected chi connectivity index (χ4v) is 1.45. The molecule has 0 aromatic carbocycles. The molecule has 0 saturated carbocycles. The highest BCUT2D eigenvalue weighted by Crippen LogP contribution is 2.16. The molecule has 5 nitrogen and oxygen atoms in total. The van der Waals surface area contributed by atoms with E-state index in [0.29, 0.717) is 5.82 Å². The van der Waals surface area contributed by atoms with Gasteiger partial charge in [-0.1, -0.05) is 0 Å². The first-order valence-corrected chi connectivity index (χ1v) is 5.28. The molecule has 2 aromatic rings. The van der Waals surface area contributed by atoms with Crippen LogP contribution in [0.4, 0.5) is 0 Å². The SMILES string of the molecule is Cc1nc(-n2cnc(C(=O)O)c2)ccc1Br. The molecule has 0 amide bonds. The van der Waals surface area contributed by atoms with Gasteiger partial charge in [-0.05, 0) is 35.0 Å². The number of aromatic nitrogens is 3. The zero-order valence-corrected chi connectivity index (χ0v) is 9.97. The lowest BCUT2D eigenvalue weighted by atomic mass is 10.4. The molecule has 6 heteroatoms. The first kappa shape index (κ1) is 10.8. The van der Waals surface area contributed by atoms with Crippen molar-refractivity contribution < 1.29 is 9.90 Å². The Bertz CT molecular complexity index is 551. The molecular weight excluding hydrogens is 274 g/mol. The zero-order valence-electron chi connectivity index (χ0n) is 8.38. The Labute approximate surface area is 99.9 Å². The van der Waals surface area contributed by atoms with Gasteiger partial charge in [-0.25, -0.2) is 14.8 Å². The van der Waals surface area contributed by atoms with Gasteiger partial charge in [-0.3, -0.25) is 4.57 Å². The summed E-state index contributed by atoms with van der Waals surface area (Å²) in [5.74, 6) is -0.409. The van der Waals surface area contributed by atoms with Crippen molar-refractivity contribution in [3.8, 4) is 5.82 Å². The molecule has 0 bridgehead atoms. The van der Waals surface area contributed by atoms with Crippen molar-refractivity contribution in [2.75, 3.05) is 0 Å². The van der Waals surface area contributed by atoms with Crippen LogP contribution in [0.5, 0.6) is 0 Å². The van der Waals surface area contributed by atoms with Crippen molar-refractivity contribution in [3.05, 3.63) is 40.5 Å². The van der Waals surface area contributed by atoms with Crippen LogP contribution >= 0.6 is 15.9 Å². The number of pyridine rings is 1. The third kappa shape index (κ3) is 1.96. The van der Waals surface area contributed by atoms with Gasteiger partial charge in [0.1, 0.15) is 12.1 Å². The van der Waals surface area contributed by atoms with Crippen LogP contribution in [0.1, 0.15) is 16.2 Å². The number of rotatable bonds is 2. The Kier molecular flexibility index (Phi) is 2.74. The van der Waals surface area contributed by atoms with Crippen LogP contribution < -0.4 is 0 Å². The van der Waals surface area contributed by atoms with Crippen molar-refractivity contribution in [3.63, 3.8) is 0 Å². The number of carboxylic acid groups (broad SMARTS) is 1. The smallest absolute Gasteiger partial charge is 0.356 e. The monoisotopic (exact) mass is 281 g/mol. The van der Waals surface area contributed by atoms with E-state index >= 15 is 0 Å². The summed E-state index contributed by atoms with van der Waals surface area (Å²) in [6.45, 7) is 1.86.